The predicted octanol–water partition coefficient (Wildman–Crippen LogP) is 0.827. The number of carboxylic acid groups (broad SMARTS) is 1. The monoisotopic (exact) mass is 290 g/mol. The summed E-state index contributed by atoms with van der Waals surface area (Å²) in [6.45, 7) is -0.00968. The molecule has 0 radical (unpaired) electrons. The molecule has 0 aliphatic heterocycles. The van der Waals surface area contributed by atoms with Crippen LogP contribution in [-0.4, -0.2) is 50.2 Å². The van der Waals surface area contributed by atoms with Crippen LogP contribution < -0.4 is 5.32 Å². The largest absolute Gasteiger partial charge is 0.478 e. The van der Waals surface area contributed by atoms with Crippen LogP contribution in [0.4, 0.5) is 10.1 Å². The molecule has 2 N–H and O–H groups in total. The van der Waals surface area contributed by atoms with Crippen LogP contribution in [0.25, 0.3) is 0 Å². The Balaban J connectivity index is 2.80. The number of carbonyl (C=O) groups is 1. The second-order valence-electron chi connectivity index (χ2n) is 3.99. The summed E-state index contributed by atoms with van der Waals surface area (Å²) in [5.41, 5.74) is -0.439. The first-order valence-corrected chi connectivity index (χ1v) is 7.02. The second kappa shape index (κ2) is 5.98. The number of hydrogen-bond donors (Lipinski definition) is 2. The third kappa shape index (κ3) is 3.90. The van der Waals surface area contributed by atoms with Gasteiger partial charge in [-0.1, -0.05) is 6.07 Å². The molecule has 1 rings (SSSR count). The van der Waals surface area contributed by atoms with Crippen LogP contribution >= 0.6 is 0 Å². The van der Waals surface area contributed by atoms with Crippen molar-refractivity contribution >= 4 is 21.7 Å². The third-order valence-electron chi connectivity index (χ3n) is 2.46. The van der Waals surface area contributed by atoms with E-state index in [4.69, 9.17) is 5.11 Å². The van der Waals surface area contributed by atoms with Crippen LogP contribution in [0, 0.1) is 5.82 Å². The van der Waals surface area contributed by atoms with Crippen LogP contribution in [-0.2, 0) is 10.0 Å². The average Bonchev–Trinajstić information content (AvgIpc) is 2.27. The highest BCUT2D eigenvalue weighted by Gasteiger charge is 2.17. The summed E-state index contributed by atoms with van der Waals surface area (Å²) in [6.07, 6.45) is 0. The quantitative estimate of drug-likeness (QED) is 0.810. The van der Waals surface area contributed by atoms with E-state index in [0.29, 0.717) is 0 Å². The summed E-state index contributed by atoms with van der Waals surface area (Å²) < 4.78 is 37.4. The highest BCUT2D eigenvalue weighted by atomic mass is 32.2. The van der Waals surface area contributed by atoms with Crippen molar-refractivity contribution in [3.63, 3.8) is 0 Å². The zero-order valence-corrected chi connectivity index (χ0v) is 11.4. The molecule has 0 aromatic heterocycles. The van der Waals surface area contributed by atoms with Crippen molar-refractivity contribution in [2.75, 3.05) is 31.7 Å². The molecule has 0 atom stereocenters. The molecule has 0 saturated heterocycles. The zero-order valence-electron chi connectivity index (χ0n) is 10.6. The normalized spacial score (nSPS) is 11.6. The molecular weight excluding hydrogens is 275 g/mol. The van der Waals surface area contributed by atoms with Crippen molar-refractivity contribution in [3.8, 4) is 0 Å². The maximum absolute atomic E-state index is 13.3. The number of carboxylic acids is 1. The van der Waals surface area contributed by atoms with Crippen LogP contribution in [0.2, 0.25) is 0 Å². The number of rotatable bonds is 6. The molecule has 0 aliphatic carbocycles. The summed E-state index contributed by atoms with van der Waals surface area (Å²) in [5.74, 6) is -2.49. The van der Waals surface area contributed by atoms with Gasteiger partial charge in [0.2, 0.25) is 10.0 Å². The Morgan fingerprint density at radius 2 is 2.05 bits per heavy atom. The van der Waals surface area contributed by atoms with E-state index in [-0.39, 0.29) is 18.0 Å². The van der Waals surface area contributed by atoms with Gasteiger partial charge in [-0.3, -0.25) is 0 Å². The zero-order chi connectivity index (χ0) is 14.6. The number of aromatic carboxylic acids is 1. The van der Waals surface area contributed by atoms with Gasteiger partial charge < -0.3 is 10.4 Å². The molecule has 0 unspecified atom stereocenters. The van der Waals surface area contributed by atoms with E-state index in [9.17, 15) is 17.6 Å². The number of nitrogens with one attached hydrogen (secondary N) is 1. The van der Waals surface area contributed by atoms with Gasteiger partial charge in [0.15, 0.2) is 0 Å². The maximum atomic E-state index is 13.3. The van der Waals surface area contributed by atoms with Gasteiger partial charge in [0.25, 0.3) is 0 Å². The van der Waals surface area contributed by atoms with Gasteiger partial charge in [0.1, 0.15) is 11.4 Å². The Hall–Kier alpha value is -1.67. The Morgan fingerprint density at radius 3 is 2.58 bits per heavy atom. The Kier molecular flexibility index (Phi) is 4.84. The fourth-order valence-corrected chi connectivity index (χ4v) is 2.11. The third-order valence-corrected chi connectivity index (χ3v) is 4.29. The van der Waals surface area contributed by atoms with Crippen molar-refractivity contribution < 1.29 is 22.7 Å². The molecular formula is C11H15FN2O4S. The molecule has 0 saturated carbocycles. The van der Waals surface area contributed by atoms with Crippen molar-refractivity contribution in [2.45, 2.75) is 0 Å². The van der Waals surface area contributed by atoms with Crippen molar-refractivity contribution in [1.29, 1.82) is 0 Å². The Bertz CT molecular complexity index is 572. The number of nitrogens with zero attached hydrogens (tertiary/aromatic N) is 1. The highest BCUT2D eigenvalue weighted by molar-refractivity contribution is 7.89. The molecule has 0 bridgehead atoms. The van der Waals surface area contributed by atoms with E-state index in [1.807, 2.05) is 0 Å². The van der Waals surface area contributed by atoms with E-state index < -0.39 is 27.4 Å². The molecule has 0 aliphatic rings. The minimum Gasteiger partial charge on any atom is -0.478 e. The van der Waals surface area contributed by atoms with E-state index in [1.54, 1.807) is 0 Å². The average molecular weight is 290 g/mol. The van der Waals surface area contributed by atoms with Gasteiger partial charge in [0.05, 0.1) is 11.4 Å². The Labute approximate surface area is 110 Å². The summed E-state index contributed by atoms with van der Waals surface area (Å²) in [4.78, 5) is 10.9. The molecule has 0 heterocycles. The lowest BCUT2D eigenvalue weighted by atomic mass is 10.1. The molecule has 1 aromatic carbocycles. The minimum absolute atomic E-state index is 0.00968. The molecule has 0 spiro atoms. The first kappa shape index (κ1) is 15.4. The number of benzene rings is 1. The summed E-state index contributed by atoms with van der Waals surface area (Å²) >= 11 is 0. The van der Waals surface area contributed by atoms with Gasteiger partial charge in [-0.2, -0.15) is 0 Å². The second-order valence-corrected chi connectivity index (χ2v) is 6.30. The standard InChI is InChI=1S/C11H15FN2O4S/c1-14(2)19(17,18)7-6-13-9-5-3-4-8(12)10(9)11(15)16/h3-5,13H,6-7H2,1-2H3,(H,15,16). The molecule has 6 nitrogen and oxygen atoms in total. The summed E-state index contributed by atoms with van der Waals surface area (Å²) in [7, 11) is -0.576. The van der Waals surface area contributed by atoms with Crippen LogP contribution in [0.1, 0.15) is 10.4 Å². The highest BCUT2D eigenvalue weighted by Crippen LogP contribution is 2.18. The van der Waals surface area contributed by atoms with Gasteiger partial charge in [-0.15, -0.1) is 0 Å². The molecule has 1 aromatic rings. The lowest BCUT2D eigenvalue weighted by Gasteiger charge is -2.13. The number of anilines is 1. The van der Waals surface area contributed by atoms with Crippen molar-refractivity contribution in [2.24, 2.45) is 0 Å². The summed E-state index contributed by atoms with van der Waals surface area (Å²) in [5, 5.41) is 11.5. The number of halogens is 1. The van der Waals surface area contributed by atoms with Gasteiger partial charge in [0, 0.05) is 20.6 Å². The van der Waals surface area contributed by atoms with Crippen molar-refractivity contribution in [3.05, 3.63) is 29.6 Å². The first-order chi connectivity index (χ1) is 8.75. The predicted molar refractivity (Wildman–Crippen MR) is 69.3 cm³/mol. The van der Waals surface area contributed by atoms with Crippen LogP contribution in [0.15, 0.2) is 18.2 Å². The topological polar surface area (TPSA) is 86.7 Å². The smallest absolute Gasteiger partial charge is 0.340 e. The van der Waals surface area contributed by atoms with E-state index in [0.717, 1.165) is 10.4 Å². The summed E-state index contributed by atoms with van der Waals surface area (Å²) in [6, 6.07) is 3.77. The number of sulfonamides is 1. The van der Waals surface area contributed by atoms with Gasteiger partial charge in [-0.05, 0) is 12.1 Å². The van der Waals surface area contributed by atoms with Gasteiger partial charge in [-0.25, -0.2) is 21.9 Å². The van der Waals surface area contributed by atoms with E-state index >= 15 is 0 Å². The fraction of sp³-hybridized carbons (Fsp3) is 0.364. The Morgan fingerprint density at radius 1 is 1.42 bits per heavy atom. The van der Waals surface area contributed by atoms with E-state index in [1.165, 1.54) is 26.2 Å². The SMILES string of the molecule is CN(C)S(=O)(=O)CCNc1cccc(F)c1C(=O)O. The van der Waals surface area contributed by atoms with Crippen molar-refractivity contribution in [1.82, 2.24) is 4.31 Å². The lowest BCUT2D eigenvalue weighted by molar-refractivity contribution is 0.0693. The molecule has 0 fully saturated rings. The maximum Gasteiger partial charge on any atom is 0.340 e. The molecule has 106 valence electrons. The minimum atomic E-state index is -3.38. The number of hydrogen-bond acceptors (Lipinski definition) is 4. The first-order valence-electron chi connectivity index (χ1n) is 5.41. The van der Waals surface area contributed by atoms with Crippen LogP contribution in [0.3, 0.4) is 0 Å². The van der Waals surface area contributed by atoms with Gasteiger partial charge >= 0.3 is 5.97 Å². The molecule has 8 heteroatoms. The van der Waals surface area contributed by atoms with E-state index in [2.05, 4.69) is 5.32 Å². The van der Waals surface area contributed by atoms with Crippen LogP contribution in [0.5, 0.6) is 0 Å². The fourth-order valence-electron chi connectivity index (χ4n) is 1.39. The molecule has 0 amide bonds. The lowest BCUT2D eigenvalue weighted by Crippen LogP contribution is -2.28. The molecule has 19 heavy (non-hydrogen) atoms.